The molecule has 140 valence electrons. The second kappa shape index (κ2) is 11.7. The molecule has 0 fully saturated rings. The van der Waals surface area contributed by atoms with Crippen LogP contribution in [0.4, 0.5) is 16.2 Å². The third kappa shape index (κ3) is 12.8. The second-order valence-electron chi connectivity index (χ2n) is 5.03. The van der Waals surface area contributed by atoms with Crippen LogP contribution in [-0.2, 0) is 0 Å². The van der Waals surface area contributed by atoms with E-state index in [4.69, 9.17) is 37.9 Å². The topological polar surface area (TPSA) is 186 Å². The lowest BCUT2D eigenvalue weighted by molar-refractivity contribution is 0.137. The van der Waals surface area contributed by atoms with Crippen molar-refractivity contribution in [3.05, 3.63) is 59.7 Å². The summed E-state index contributed by atoms with van der Waals surface area (Å²) in [5.41, 5.74) is 24.7. The fourth-order valence-corrected chi connectivity index (χ4v) is 1.54. The zero-order valence-corrected chi connectivity index (χ0v) is 14.6. The van der Waals surface area contributed by atoms with Crippen molar-refractivity contribution in [1.82, 2.24) is 0 Å². The van der Waals surface area contributed by atoms with Crippen LogP contribution in [0.1, 0.15) is 11.1 Å². The SMILES string of the molecule is Cc1ccc(N=C(N)N)cc1.Cc1ccc(N=C(N)N)cc1.O=C(O)O. The standard InChI is InChI=1S/2C8H11N3.CH2O3/c2*1-6-2-4-7(5-3-6)11-8(9)10;2-1(3)4/h2*2-5H,1H3,(H4,9,10,11);(H2,2,3,4). The van der Waals surface area contributed by atoms with Gasteiger partial charge in [0.25, 0.3) is 0 Å². The molecule has 0 bridgehead atoms. The fourth-order valence-electron chi connectivity index (χ4n) is 1.54. The number of aliphatic imine (C=N–C) groups is 2. The monoisotopic (exact) mass is 360 g/mol. The first-order valence-corrected chi connectivity index (χ1v) is 7.34. The third-order valence-corrected chi connectivity index (χ3v) is 2.58. The van der Waals surface area contributed by atoms with Crippen molar-refractivity contribution in [3.63, 3.8) is 0 Å². The molecule has 0 aliphatic carbocycles. The smallest absolute Gasteiger partial charge is 0.450 e. The van der Waals surface area contributed by atoms with Crippen molar-refractivity contribution in [2.75, 3.05) is 0 Å². The number of aryl methyl sites for hydroxylation is 2. The van der Waals surface area contributed by atoms with Crippen LogP contribution < -0.4 is 22.9 Å². The molecule has 0 spiro atoms. The van der Waals surface area contributed by atoms with Gasteiger partial charge in [-0.05, 0) is 38.1 Å². The van der Waals surface area contributed by atoms with E-state index in [1.807, 2.05) is 62.4 Å². The molecule has 0 amide bonds. The Labute approximate surface area is 151 Å². The molecule has 0 heterocycles. The minimum absolute atomic E-state index is 0.0915. The van der Waals surface area contributed by atoms with Crippen molar-refractivity contribution >= 4 is 29.4 Å². The number of rotatable bonds is 2. The maximum Gasteiger partial charge on any atom is 0.503 e. The Hall–Kier alpha value is -3.75. The Balaban J connectivity index is 0.000000401. The van der Waals surface area contributed by atoms with Crippen molar-refractivity contribution < 1.29 is 15.0 Å². The lowest BCUT2D eigenvalue weighted by atomic mass is 10.2. The van der Waals surface area contributed by atoms with Gasteiger partial charge in [0.1, 0.15) is 0 Å². The van der Waals surface area contributed by atoms with Crippen LogP contribution in [0, 0.1) is 13.8 Å². The highest BCUT2D eigenvalue weighted by Gasteiger charge is 1.88. The Kier molecular flexibility index (Phi) is 10.0. The molecule has 0 unspecified atom stereocenters. The summed E-state index contributed by atoms with van der Waals surface area (Å²) in [6, 6.07) is 15.3. The Morgan fingerprint density at radius 3 is 1.12 bits per heavy atom. The lowest BCUT2D eigenvalue weighted by Crippen LogP contribution is -2.21. The highest BCUT2D eigenvalue weighted by molar-refractivity contribution is 5.79. The number of hydrogen-bond donors (Lipinski definition) is 6. The molecule has 10 N–H and O–H groups in total. The summed E-state index contributed by atoms with van der Waals surface area (Å²) in [6.07, 6.45) is -1.83. The van der Waals surface area contributed by atoms with Crippen LogP contribution in [0.3, 0.4) is 0 Å². The largest absolute Gasteiger partial charge is 0.503 e. The summed E-state index contributed by atoms with van der Waals surface area (Å²) in [4.78, 5) is 16.3. The van der Waals surface area contributed by atoms with E-state index >= 15 is 0 Å². The minimum atomic E-state index is -1.83. The molecule has 0 aromatic heterocycles. The molecule has 0 aliphatic rings. The predicted molar refractivity (Wildman–Crippen MR) is 104 cm³/mol. The van der Waals surface area contributed by atoms with Crippen molar-refractivity contribution in [1.29, 1.82) is 0 Å². The van der Waals surface area contributed by atoms with Gasteiger partial charge in [-0.1, -0.05) is 35.4 Å². The second-order valence-corrected chi connectivity index (χ2v) is 5.03. The van der Waals surface area contributed by atoms with Gasteiger partial charge in [-0.2, -0.15) is 0 Å². The quantitative estimate of drug-likeness (QED) is 0.349. The third-order valence-electron chi connectivity index (χ3n) is 2.58. The average Bonchev–Trinajstić information content (AvgIpc) is 2.51. The molecule has 9 nitrogen and oxygen atoms in total. The maximum absolute atomic E-state index is 8.56. The van der Waals surface area contributed by atoms with Gasteiger partial charge >= 0.3 is 6.16 Å². The van der Waals surface area contributed by atoms with Gasteiger partial charge in [0.05, 0.1) is 11.4 Å². The number of benzene rings is 2. The summed E-state index contributed by atoms with van der Waals surface area (Å²) in [6.45, 7) is 4.03. The highest BCUT2D eigenvalue weighted by Crippen LogP contribution is 2.11. The summed E-state index contributed by atoms with van der Waals surface area (Å²) in [7, 11) is 0. The van der Waals surface area contributed by atoms with Crippen molar-refractivity contribution in [2.24, 2.45) is 32.9 Å². The van der Waals surface area contributed by atoms with E-state index in [1.165, 1.54) is 11.1 Å². The number of hydrogen-bond acceptors (Lipinski definition) is 3. The normalized spacial score (nSPS) is 8.69. The van der Waals surface area contributed by atoms with E-state index in [0.29, 0.717) is 0 Å². The first-order chi connectivity index (χ1) is 12.1. The van der Waals surface area contributed by atoms with Crippen LogP contribution in [0.5, 0.6) is 0 Å². The van der Waals surface area contributed by atoms with Gasteiger partial charge in [0.2, 0.25) is 0 Å². The Morgan fingerprint density at radius 2 is 0.923 bits per heavy atom. The van der Waals surface area contributed by atoms with Gasteiger partial charge in [-0.3, -0.25) is 0 Å². The summed E-state index contributed by atoms with van der Waals surface area (Å²) in [5, 5.41) is 13.9. The predicted octanol–water partition coefficient (Wildman–Crippen LogP) is 2.02. The highest BCUT2D eigenvalue weighted by atomic mass is 16.6. The number of carbonyl (C=O) groups is 1. The van der Waals surface area contributed by atoms with Crippen molar-refractivity contribution in [3.8, 4) is 0 Å². The lowest BCUT2D eigenvalue weighted by Gasteiger charge is -1.94. The van der Waals surface area contributed by atoms with Crippen molar-refractivity contribution in [2.45, 2.75) is 13.8 Å². The van der Waals surface area contributed by atoms with Gasteiger partial charge in [0.15, 0.2) is 11.9 Å². The number of carboxylic acid groups (broad SMARTS) is 2. The number of guanidine groups is 2. The molecule has 2 aromatic carbocycles. The Morgan fingerprint density at radius 1 is 0.692 bits per heavy atom. The molecule has 9 heteroatoms. The molecule has 0 saturated carbocycles. The zero-order valence-electron chi connectivity index (χ0n) is 14.6. The number of nitrogens with two attached hydrogens (primary N) is 4. The fraction of sp³-hybridized carbons (Fsp3) is 0.118. The molecule has 0 aliphatic heterocycles. The summed E-state index contributed by atoms with van der Waals surface area (Å²) < 4.78 is 0. The zero-order chi connectivity index (χ0) is 20.1. The maximum atomic E-state index is 8.56. The van der Waals surface area contributed by atoms with Crippen LogP contribution in [-0.4, -0.2) is 28.3 Å². The van der Waals surface area contributed by atoms with Crippen LogP contribution in [0.2, 0.25) is 0 Å². The molecule has 2 rings (SSSR count). The molecular formula is C17H24N6O3. The minimum Gasteiger partial charge on any atom is -0.450 e. The van der Waals surface area contributed by atoms with Gasteiger partial charge in [-0.15, -0.1) is 0 Å². The first-order valence-electron chi connectivity index (χ1n) is 7.34. The van der Waals surface area contributed by atoms with E-state index in [1.54, 1.807) is 0 Å². The first kappa shape index (κ1) is 22.2. The molecule has 0 radical (unpaired) electrons. The molecule has 0 saturated heterocycles. The van der Waals surface area contributed by atoms with Gasteiger partial charge < -0.3 is 33.1 Å². The molecule has 0 atom stereocenters. The average molecular weight is 360 g/mol. The van der Waals surface area contributed by atoms with E-state index in [0.717, 1.165) is 11.4 Å². The summed E-state index contributed by atoms with van der Waals surface area (Å²) in [5.74, 6) is 0.183. The van der Waals surface area contributed by atoms with Crippen LogP contribution >= 0.6 is 0 Å². The molecule has 2 aromatic rings. The van der Waals surface area contributed by atoms with Crippen LogP contribution in [0.15, 0.2) is 58.5 Å². The molecule has 26 heavy (non-hydrogen) atoms. The van der Waals surface area contributed by atoms with E-state index < -0.39 is 6.16 Å². The molecular weight excluding hydrogens is 336 g/mol. The summed E-state index contributed by atoms with van der Waals surface area (Å²) >= 11 is 0. The van der Waals surface area contributed by atoms with E-state index in [-0.39, 0.29) is 11.9 Å². The van der Waals surface area contributed by atoms with Gasteiger partial charge in [0, 0.05) is 0 Å². The van der Waals surface area contributed by atoms with Gasteiger partial charge in [-0.25, -0.2) is 14.8 Å². The van der Waals surface area contributed by atoms with Crippen LogP contribution in [0.25, 0.3) is 0 Å². The number of nitrogens with zero attached hydrogens (tertiary/aromatic N) is 2. The Bertz CT molecular complexity index is 669. The van der Waals surface area contributed by atoms with E-state index in [9.17, 15) is 0 Å². The van der Waals surface area contributed by atoms with E-state index in [2.05, 4.69) is 9.98 Å².